The molecule has 5 rings (SSSR count). The van der Waals surface area contributed by atoms with Crippen molar-refractivity contribution in [2.45, 2.75) is 24.5 Å². The Morgan fingerprint density at radius 2 is 2.00 bits per heavy atom. The van der Waals surface area contributed by atoms with Crippen LogP contribution in [0.2, 0.25) is 10.2 Å². The van der Waals surface area contributed by atoms with Crippen LogP contribution in [0, 0.1) is 0 Å². The molecule has 1 aliphatic carbocycles. The van der Waals surface area contributed by atoms with Gasteiger partial charge in [0.1, 0.15) is 23.1 Å². The second kappa shape index (κ2) is 8.41. The number of benzene rings is 2. The lowest BCUT2D eigenvalue weighted by molar-refractivity contribution is 0.309. The van der Waals surface area contributed by atoms with Crippen molar-refractivity contribution in [1.82, 2.24) is 20.2 Å². The molecule has 2 aromatic carbocycles. The quantitative estimate of drug-likeness (QED) is 0.504. The third-order valence-electron chi connectivity index (χ3n) is 6.33. The minimum atomic E-state index is -0.934. The fraction of sp³-hybridized carbons (Fsp3) is 0.250. The van der Waals surface area contributed by atoms with Gasteiger partial charge >= 0.3 is 0 Å². The van der Waals surface area contributed by atoms with Crippen molar-refractivity contribution in [3.05, 3.63) is 87.6 Å². The Morgan fingerprint density at radius 1 is 1.21 bits per heavy atom. The van der Waals surface area contributed by atoms with Gasteiger partial charge in [0, 0.05) is 34.0 Å². The van der Waals surface area contributed by atoms with Crippen LogP contribution in [0.1, 0.15) is 29.9 Å². The largest absolute Gasteiger partial charge is 0.495 e. The van der Waals surface area contributed by atoms with Crippen LogP contribution in [0.3, 0.4) is 0 Å². The van der Waals surface area contributed by atoms with Gasteiger partial charge in [-0.3, -0.25) is 5.32 Å². The number of halogens is 2. The first-order valence-electron chi connectivity index (χ1n) is 10.6. The Kier molecular flexibility index (Phi) is 5.56. The molecule has 0 radical (unpaired) electrons. The van der Waals surface area contributed by atoms with Crippen LogP contribution in [0.15, 0.2) is 71.3 Å². The monoisotopic (exact) mass is 482 g/mol. The van der Waals surface area contributed by atoms with Crippen molar-refractivity contribution in [1.29, 1.82) is 0 Å². The molecule has 0 saturated carbocycles. The van der Waals surface area contributed by atoms with Crippen LogP contribution >= 0.6 is 23.2 Å². The number of methoxy groups -OCH3 is 1. The van der Waals surface area contributed by atoms with Gasteiger partial charge in [-0.15, -0.1) is 0 Å². The summed E-state index contributed by atoms with van der Waals surface area (Å²) in [5, 5.41) is 8.15. The van der Waals surface area contributed by atoms with Crippen LogP contribution in [-0.4, -0.2) is 29.5 Å². The highest BCUT2D eigenvalue weighted by molar-refractivity contribution is 6.30. The van der Waals surface area contributed by atoms with Gasteiger partial charge in [-0.1, -0.05) is 41.4 Å². The van der Waals surface area contributed by atoms with Gasteiger partial charge in [-0.05, 0) is 49.7 Å². The third-order valence-corrected chi connectivity index (χ3v) is 6.78. The second-order valence-electron chi connectivity index (χ2n) is 8.11. The van der Waals surface area contributed by atoms with Crippen LogP contribution in [0.25, 0.3) is 5.69 Å². The molecule has 2 aliphatic rings. The van der Waals surface area contributed by atoms with Gasteiger partial charge in [0.2, 0.25) is 5.79 Å². The summed E-state index contributed by atoms with van der Waals surface area (Å²) in [4.78, 5) is 8.96. The molecule has 2 atom stereocenters. The van der Waals surface area contributed by atoms with Crippen molar-refractivity contribution in [2.75, 3.05) is 14.2 Å². The fourth-order valence-electron chi connectivity index (χ4n) is 4.65. The van der Waals surface area contributed by atoms with Crippen molar-refractivity contribution in [3.8, 4) is 11.4 Å². The van der Waals surface area contributed by atoms with E-state index in [1.165, 1.54) is 5.56 Å². The fourth-order valence-corrected chi connectivity index (χ4v) is 4.93. The number of hydrogen-bond acceptors (Lipinski definition) is 6. The van der Waals surface area contributed by atoms with Crippen molar-refractivity contribution >= 4 is 29.0 Å². The smallest absolute Gasteiger partial charge is 0.213 e. The number of allylic oxidation sites excluding steroid dienone is 1. The molecule has 4 N–H and O–H groups in total. The maximum Gasteiger partial charge on any atom is 0.213 e. The standard InChI is InChI=1S/C24H24Cl2N6O/c1-28-24(15-5-10-19(20(11-15)33-2)32-12-21(26)29-13-32)30-22-17(8-9-18(22)23(27)31-24)14-3-6-16(25)7-4-14/h3-7,10-13,17,28,30H,8-9H2,1-2H3,(H2,27,31). The number of hydrogen-bond donors (Lipinski definition) is 3. The van der Waals surface area contributed by atoms with E-state index >= 15 is 0 Å². The predicted octanol–water partition coefficient (Wildman–Crippen LogP) is 4.31. The van der Waals surface area contributed by atoms with Gasteiger partial charge in [0.25, 0.3) is 0 Å². The Bertz CT molecular complexity index is 1270. The summed E-state index contributed by atoms with van der Waals surface area (Å²) < 4.78 is 7.51. The minimum Gasteiger partial charge on any atom is -0.495 e. The van der Waals surface area contributed by atoms with E-state index in [0.29, 0.717) is 16.7 Å². The van der Waals surface area contributed by atoms with E-state index in [1.54, 1.807) is 19.6 Å². The number of imidazole rings is 1. The molecule has 3 aromatic rings. The maximum atomic E-state index is 6.50. The number of nitrogens with zero attached hydrogens (tertiary/aromatic N) is 3. The minimum absolute atomic E-state index is 0.188. The Hall–Kier alpha value is -3.00. The molecule has 7 nitrogen and oxygen atoms in total. The summed E-state index contributed by atoms with van der Waals surface area (Å²) in [6.07, 6.45) is 5.21. The lowest BCUT2D eigenvalue weighted by Crippen LogP contribution is -2.54. The lowest BCUT2D eigenvalue weighted by Gasteiger charge is -2.38. The van der Waals surface area contributed by atoms with E-state index in [0.717, 1.165) is 40.4 Å². The van der Waals surface area contributed by atoms with Crippen LogP contribution in [0.4, 0.5) is 0 Å². The molecule has 0 fully saturated rings. The van der Waals surface area contributed by atoms with E-state index in [4.69, 9.17) is 38.7 Å². The number of rotatable bonds is 5. The van der Waals surface area contributed by atoms with Crippen LogP contribution < -0.4 is 21.1 Å². The summed E-state index contributed by atoms with van der Waals surface area (Å²) in [5.41, 5.74) is 11.5. The molecule has 33 heavy (non-hydrogen) atoms. The SMILES string of the molecule is CNC1(c2ccc(-n3cnc(Cl)c3)c(OC)c2)N=C(N)C2=C(N1)C(c1ccc(Cl)cc1)CC2. The summed E-state index contributed by atoms with van der Waals surface area (Å²) in [5.74, 6) is 0.454. The normalized spacial score (nSPS) is 22.1. The van der Waals surface area contributed by atoms with Crippen molar-refractivity contribution < 1.29 is 4.74 Å². The molecule has 0 amide bonds. The topological polar surface area (TPSA) is 89.5 Å². The molecule has 0 saturated heterocycles. The molecular formula is C24H24Cl2N6O. The first-order valence-corrected chi connectivity index (χ1v) is 11.4. The first kappa shape index (κ1) is 21.8. The molecule has 9 heteroatoms. The summed E-state index contributed by atoms with van der Waals surface area (Å²) >= 11 is 12.1. The Labute approximate surface area is 202 Å². The number of nitrogens with one attached hydrogen (secondary N) is 2. The average Bonchev–Trinajstić information content (AvgIpc) is 3.45. The predicted molar refractivity (Wildman–Crippen MR) is 131 cm³/mol. The molecule has 1 aliphatic heterocycles. The molecule has 0 spiro atoms. The molecule has 0 bridgehead atoms. The number of aromatic nitrogens is 2. The second-order valence-corrected chi connectivity index (χ2v) is 8.93. The summed E-state index contributed by atoms with van der Waals surface area (Å²) in [6, 6.07) is 13.9. The van der Waals surface area contributed by atoms with Crippen molar-refractivity contribution in [3.63, 3.8) is 0 Å². The van der Waals surface area contributed by atoms with Gasteiger partial charge in [-0.25, -0.2) is 9.98 Å². The van der Waals surface area contributed by atoms with Crippen LogP contribution in [-0.2, 0) is 5.79 Å². The highest BCUT2D eigenvalue weighted by atomic mass is 35.5. The maximum absolute atomic E-state index is 6.50. The molecule has 1 aromatic heterocycles. The first-order chi connectivity index (χ1) is 15.9. The van der Waals surface area contributed by atoms with Crippen molar-refractivity contribution in [2.24, 2.45) is 10.7 Å². The van der Waals surface area contributed by atoms with Crippen LogP contribution in [0.5, 0.6) is 5.75 Å². The zero-order valence-corrected chi connectivity index (χ0v) is 19.8. The van der Waals surface area contributed by atoms with E-state index in [-0.39, 0.29) is 5.92 Å². The number of nitrogens with two attached hydrogens (primary N) is 1. The summed E-state index contributed by atoms with van der Waals surface area (Å²) in [7, 11) is 3.49. The highest BCUT2D eigenvalue weighted by Crippen LogP contribution is 2.43. The molecule has 170 valence electrons. The Balaban J connectivity index is 1.54. The zero-order chi connectivity index (χ0) is 23.2. The van der Waals surface area contributed by atoms with Gasteiger partial charge < -0.3 is 20.4 Å². The summed E-state index contributed by atoms with van der Waals surface area (Å²) in [6.45, 7) is 0. The van der Waals surface area contributed by atoms with E-state index in [2.05, 4.69) is 27.8 Å². The Morgan fingerprint density at radius 3 is 2.67 bits per heavy atom. The van der Waals surface area contributed by atoms with E-state index in [1.807, 2.05) is 41.9 Å². The highest BCUT2D eigenvalue weighted by Gasteiger charge is 2.41. The van der Waals surface area contributed by atoms with E-state index in [9.17, 15) is 0 Å². The lowest BCUT2D eigenvalue weighted by atomic mass is 9.94. The third kappa shape index (κ3) is 3.76. The average molecular weight is 483 g/mol. The van der Waals surface area contributed by atoms with E-state index < -0.39 is 5.79 Å². The zero-order valence-electron chi connectivity index (χ0n) is 18.3. The molecule has 2 heterocycles. The number of ether oxygens (including phenoxy) is 1. The number of amidine groups is 1. The van der Waals surface area contributed by atoms with Gasteiger partial charge in [0.15, 0.2) is 0 Å². The van der Waals surface area contributed by atoms with Gasteiger partial charge in [0.05, 0.1) is 12.8 Å². The number of aliphatic imine (C=N–C) groups is 1. The molecule has 2 unspecified atom stereocenters. The molecular weight excluding hydrogens is 459 g/mol. The van der Waals surface area contributed by atoms with Gasteiger partial charge in [-0.2, -0.15) is 0 Å².